The summed E-state index contributed by atoms with van der Waals surface area (Å²) in [5.74, 6) is 5.91. The van der Waals surface area contributed by atoms with Gasteiger partial charge < -0.3 is 9.32 Å². The Kier molecular flexibility index (Phi) is 3.38. The van der Waals surface area contributed by atoms with Crippen LogP contribution in [-0.4, -0.2) is 23.3 Å². The minimum atomic E-state index is -0.458. The van der Waals surface area contributed by atoms with Crippen LogP contribution in [0.1, 0.15) is 35.2 Å². The van der Waals surface area contributed by atoms with Crippen molar-refractivity contribution in [2.45, 2.75) is 26.8 Å². The molecule has 2 rings (SSSR count). The molecule has 0 saturated carbocycles. The van der Waals surface area contributed by atoms with E-state index < -0.39 is 5.91 Å². The Balaban J connectivity index is 2.11. The number of carbonyl (C=O) groups is 2. The van der Waals surface area contributed by atoms with Gasteiger partial charge in [-0.05, 0) is 18.9 Å². The van der Waals surface area contributed by atoms with Gasteiger partial charge in [-0.15, -0.1) is 0 Å². The van der Waals surface area contributed by atoms with E-state index in [4.69, 9.17) is 10.3 Å². The first-order chi connectivity index (χ1) is 8.51. The third-order valence-electron chi connectivity index (χ3n) is 3.06. The Labute approximate surface area is 105 Å². The van der Waals surface area contributed by atoms with E-state index in [2.05, 4.69) is 0 Å². The molecule has 1 aliphatic heterocycles. The molecule has 1 aromatic rings. The van der Waals surface area contributed by atoms with Gasteiger partial charge in [-0.2, -0.15) is 0 Å². The summed E-state index contributed by atoms with van der Waals surface area (Å²) in [5.41, 5.74) is 2.75. The Bertz CT molecular complexity index is 481. The molecule has 98 valence electrons. The Morgan fingerprint density at radius 2 is 2.39 bits per heavy atom. The van der Waals surface area contributed by atoms with Crippen LogP contribution in [0.5, 0.6) is 0 Å². The van der Waals surface area contributed by atoms with Crippen molar-refractivity contribution in [3.8, 4) is 0 Å². The molecule has 0 radical (unpaired) electrons. The van der Waals surface area contributed by atoms with Gasteiger partial charge in [0.2, 0.25) is 5.91 Å². The maximum atomic E-state index is 11.7. The van der Waals surface area contributed by atoms with E-state index in [1.807, 2.05) is 12.3 Å². The van der Waals surface area contributed by atoms with Crippen LogP contribution in [0.15, 0.2) is 10.5 Å². The van der Waals surface area contributed by atoms with Crippen molar-refractivity contribution in [1.82, 2.24) is 10.3 Å². The number of hydrazine groups is 1. The molecule has 6 nitrogen and oxygen atoms in total. The van der Waals surface area contributed by atoms with Crippen molar-refractivity contribution >= 4 is 11.8 Å². The normalized spacial score (nSPS) is 19.4. The maximum absolute atomic E-state index is 11.7. The highest BCUT2D eigenvalue weighted by Gasteiger charge is 2.27. The molecule has 2 heterocycles. The van der Waals surface area contributed by atoms with E-state index in [1.54, 1.807) is 17.9 Å². The Morgan fingerprint density at radius 1 is 1.67 bits per heavy atom. The molecule has 1 atom stereocenters. The number of furan rings is 1. The van der Waals surface area contributed by atoms with E-state index >= 15 is 0 Å². The monoisotopic (exact) mass is 251 g/mol. The van der Waals surface area contributed by atoms with E-state index in [-0.39, 0.29) is 11.7 Å². The predicted molar refractivity (Wildman–Crippen MR) is 64.3 cm³/mol. The lowest BCUT2D eigenvalue weighted by Crippen LogP contribution is -2.30. The van der Waals surface area contributed by atoms with E-state index in [0.29, 0.717) is 30.2 Å². The van der Waals surface area contributed by atoms with Crippen molar-refractivity contribution in [2.75, 3.05) is 6.54 Å². The number of aryl methyl sites for hydroxylation is 1. The molecule has 3 N–H and O–H groups in total. The van der Waals surface area contributed by atoms with Gasteiger partial charge in [0.05, 0.1) is 6.54 Å². The van der Waals surface area contributed by atoms with Gasteiger partial charge in [0.25, 0.3) is 0 Å². The number of nitrogens with zero attached hydrogens (tertiary/aromatic N) is 1. The average Bonchev–Trinajstić information content (AvgIpc) is 2.82. The molecule has 1 saturated heterocycles. The van der Waals surface area contributed by atoms with Gasteiger partial charge in [0.1, 0.15) is 5.76 Å². The minimum Gasteiger partial charge on any atom is -0.454 e. The molecule has 1 aliphatic rings. The summed E-state index contributed by atoms with van der Waals surface area (Å²) in [7, 11) is 0. The van der Waals surface area contributed by atoms with Gasteiger partial charge in [-0.1, -0.05) is 6.92 Å². The molecule has 2 amide bonds. The fourth-order valence-corrected chi connectivity index (χ4v) is 2.23. The second-order valence-electron chi connectivity index (χ2n) is 4.78. The summed E-state index contributed by atoms with van der Waals surface area (Å²) in [5, 5.41) is 0. The number of amides is 2. The summed E-state index contributed by atoms with van der Waals surface area (Å²) in [6, 6.07) is 1.76. The standard InChI is InChI=1S/C12H17N3O3/c1-7-3-10(16)15(5-7)6-9-4-8(2)11(18-9)12(17)14-13/h4,7H,3,5-6,13H2,1-2H3,(H,14,17). The van der Waals surface area contributed by atoms with Crippen LogP contribution in [0, 0.1) is 12.8 Å². The molecule has 0 spiro atoms. The maximum Gasteiger partial charge on any atom is 0.301 e. The lowest BCUT2D eigenvalue weighted by molar-refractivity contribution is -0.128. The van der Waals surface area contributed by atoms with Crippen LogP contribution in [0.2, 0.25) is 0 Å². The van der Waals surface area contributed by atoms with E-state index in [0.717, 1.165) is 6.54 Å². The van der Waals surface area contributed by atoms with Gasteiger partial charge in [0.15, 0.2) is 5.76 Å². The van der Waals surface area contributed by atoms with Crippen molar-refractivity contribution in [2.24, 2.45) is 11.8 Å². The summed E-state index contributed by atoms with van der Waals surface area (Å²) < 4.78 is 5.43. The summed E-state index contributed by atoms with van der Waals surface area (Å²) in [6.45, 7) is 4.95. The van der Waals surface area contributed by atoms with E-state index in [1.165, 1.54) is 0 Å². The van der Waals surface area contributed by atoms with Crippen LogP contribution in [0.25, 0.3) is 0 Å². The fourth-order valence-electron chi connectivity index (χ4n) is 2.23. The molecule has 0 aliphatic carbocycles. The van der Waals surface area contributed by atoms with Crippen molar-refractivity contribution in [3.63, 3.8) is 0 Å². The van der Waals surface area contributed by atoms with Crippen molar-refractivity contribution < 1.29 is 14.0 Å². The fraction of sp³-hybridized carbons (Fsp3) is 0.500. The zero-order chi connectivity index (χ0) is 13.3. The van der Waals surface area contributed by atoms with Crippen LogP contribution >= 0.6 is 0 Å². The average molecular weight is 251 g/mol. The highest BCUT2D eigenvalue weighted by atomic mass is 16.4. The number of carbonyl (C=O) groups excluding carboxylic acids is 2. The number of nitrogens with one attached hydrogen (secondary N) is 1. The summed E-state index contributed by atoms with van der Waals surface area (Å²) >= 11 is 0. The molecule has 1 unspecified atom stereocenters. The van der Waals surface area contributed by atoms with Crippen molar-refractivity contribution in [3.05, 3.63) is 23.2 Å². The zero-order valence-corrected chi connectivity index (χ0v) is 10.5. The molecule has 18 heavy (non-hydrogen) atoms. The number of nitrogen functional groups attached to an aromatic ring is 1. The Hall–Kier alpha value is -1.82. The highest BCUT2D eigenvalue weighted by Crippen LogP contribution is 2.22. The van der Waals surface area contributed by atoms with Gasteiger partial charge in [-0.3, -0.25) is 15.0 Å². The number of rotatable bonds is 3. The Morgan fingerprint density at radius 3 is 2.94 bits per heavy atom. The van der Waals surface area contributed by atoms with Crippen LogP contribution in [0.4, 0.5) is 0 Å². The lowest BCUT2D eigenvalue weighted by atomic mass is 10.2. The largest absolute Gasteiger partial charge is 0.454 e. The molecule has 6 heteroatoms. The second-order valence-corrected chi connectivity index (χ2v) is 4.78. The topological polar surface area (TPSA) is 88.6 Å². The smallest absolute Gasteiger partial charge is 0.301 e. The van der Waals surface area contributed by atoms with E-state index in [9.17, 15) is 9.59 Å². The third-order valence-corrected chi connectivity index (χ3v) is 3.06. The summed E-state index contributed by atoms with van der Waals surface area (Å²) in [6.07, 6.45) is 0.579. The number of likely N-dealkylation sites (tertiary alicyclic amines) is 1. The molecule has 1 fully saturated rings. The first-order valence-electron chi connectivity index (χ1n) is 5.89. The summed E-state index contributed by atoms with van der Waals surface area (Å²) in [4.78, 5) is 24.8. The first kappa shape index (κ1) is 12.6. The predicted octanol–water partition coefficient (Wildman–Crippen LogP) is 0.560. The molecule has 1 aromatic heterocycles. The SMILES string of the molecule is Cc1cc(CN2CC(C)CC2=O)oc1C(=O)NN. The lowest BCUT2D eigenvalue weighted by Gasteiger charge is -2.13. The molecule has 0 aromatic carbocycles. The zero-order valence-electron chi connectivity index (χ0n) is 10.5. The van der Waals surface area contributed by atoms with Gasteiger partial charge >= 0.3 is 5.91 Å². The third kappa shape index (κ3) is 2.38. The number of hydrogen-bond donors (Lipinski definition) is 2. The minimum absolute atomic E-state index is 0.126. The van der Waals surface area contributed by atoms with Crippen LogP contribution in [0.3, 0.4) is 0 Å². The number of hydrogen-bond acceptors (Lipinski definition) is 4. The van der Waals surface area contributed by atoms with Gasteiger partial charge in [0, 0.05) is 18.5 Å². The quantitative estimate of drug-likeness (QED) is 0.466. The van der Waals surface area contributed by atoms with Crippen LogP contribution < -0.4 is 11.3 Å². The second kappa shape index (κ2) is 4.81. The number of nitrogens with two attached hydrogens (primary N) is 1. The molecule has 0 bridgehead atoms. The van der Waals surface area contributed by atoms with Gasteiger partial charge in [-0.25, -0.2) is 5.84 Å². The molecular formula is C12H17N3O3. The highest BCUT2D eigenvalue weighted by molar-refractivity contribution is 5.92. The molecular weight excluding hydrogens is 234 g/mol. The van der Waals surface area contributed by atoms with Crippen molar-refractivity contribution in [1.29, 1.82) is 0 Å². The van der Waals surface area contributed by atoms with Crippen LogP contribution in [-0.2, 0) is 11.3 Å². The first-order valence-corrected chi connectivity index (χ1v) is 5.89.